The van der Waals surface area contributed by atoms with Gasteiger partial charge >= 0.3 is 6.03 Å². The molecule has 2 aliphatic rings. The van der Waals surface area contributed by atoms with E-state index >= 15 is 0 Å². The molecule has 0 bridgehead atoms. The van der Waals surface area contributed by atoms with E-state index in [1.807, 2.05) is 13.8 Å². The number of hydrogen-bond donors (Lipinski definition) is 2. The van der Waals surface area contributed by atoms with Crippen LogP contribution < -0.4 is 10.6 Å². The fraction of sp³-hybridized carbons (Fsp3) is 0.500. The van der Waals surface area contributed by atoms with Gasteiger partial charge in [-0.1, -0.05) is 26.7 Å². The Bertz CT molecular complexity index is 943. The SMILES string of the molecule is CC(C)c1nc2cc(NC(=O)CCN3C(=O)NC4(CCCC4)C3=O)ccc2o1. The highest BCUT2D eigenvalue weighted by Crippen LogP contribution is 2.35. The fourth-order valence-corrected chi connectivity index (χ4v) is 3.90. The van der Waals surface area contributed by atoms with Crippen LogP contribution in [0.4, 0.5) is 10.5 Å². The summed E-state index contributed by atoms with van der Waals surface area (Å²) in [6.07, 6.45) is 3.27. The minimum absolute atomic E-state index is 0.0450. The molecule has 8 heteroatoms. The quantitative estimate of drug-likeness (QED) is 0.771. The summed E-state index contributed by atoms with van der Waals surface area (Å²) in [5.74, 6) is 0.364. The Balaban J connectivity index is 1.37. The second kappa shape index (κ2) is 6.92. The molecule has 2 fully saturated rings. The van der Waals surface area contributed by atoms with Crippen molar-refractivity contribution >= 4 is 34.6 Å². The lowest BCUT2D eigenvalue weighted by Crippen LogP contribution is -2.44. The van der Waals surface area contributed by atoms with E-state index in [1.165, 1.54) is 4.90 Å². The van der Waals surface area contributed by atoms with E-state index in [1.54, 1.807) is 18.2 Å². The number of imide groups is 1. The number of oxazole rings is 1. The van der Waals surface area contributed by atoms with Gasteiger partial charge in [-0.15, -0.1) is 0 Å². The van der Waals surface area contributed by atoms with Crippen molar-refractivity contribution in [2.75, 3.05) is 11.9 Å². The van der Waals surface area contributed by atoms with Crippen molar-refractivity contribution in [3.05, 3.63) is 24.1 Å². The van der Waals surface area contributed by atoms with Crippen LogP contribution >= 0.6 is 0 Å². The molecule has 1 saturated heterocycles. The predicted molar refractivity (Wildman–Crippen MR) is 103 cm³/mol. The Kier molecular flexibility index (Phi) is 4.56. The lowest BCUT2D eigenvalue weighted by molar-refractivity contribution is -0.131. The van der Waals surface area contributed by atoms with Gasteiger partial charge < -0.3 is 15.1 Å². The minimum Gasteiger partial charge on any atom is -0.440 e. The van der Waals surface area contributed by atoms with Crippen LogP contribution in [-0.4, -0.2) is 39.8 Å². The molecule has 2 heterocycles. The van der Waals surface area contributed by atoms with Crippen molar-refractivity contribution in [1.29, 1.82) is 0 Å². The van der Waals surface area contributed by atoms with Crippen LogP contribution in [0.3, 0.4) is 0 Å². The number of nitrogens with zero attached hydrogens (tertiary/aromatic N) is 2. The van der Waals surface area contributed by atoms with Gasteiger partial charge in [-0.2, -0.15) is 0 Å². The molecule has 1 spiro atoms. The van der Waals surface area contributed by atoms with E-state index in [-0.39, 0.29) is 30.7 Å². The van der Waals surface area contributed by atoms with Crippen LogP contribution in [0.2, 0.25) is 0 Å². The normalized spacial score (nSPS) is 18.5. The maximum Gasteiger partial charge on any atom is 0.325 e. The van der Waals surface area contributed by atoms with Crippen LogP contribution in [0.1, 0.15) is 57.8 Å². The largest absolute Gasteiger partial charge is 0.440 e. The topological polar surface area (TPSA) is 105 Å². The number of benzene rings is 1. The van der Waals surface area contributed by atoms with Gasteiger partial charge in [0.15, 0.2) is 11.5 Å². The Morgan fingerprint density at radius 1 is 1.32 bits per heavy atom. The average molecular weight is 384 g/mol. The summed E-state index contributed by atoms with van der Waals surface area (Å²) >= 11 is 0. The summed E-state index contributed by atoms with van der Waals surface area (Å²) in [5.41, 5.74) is 1.21. The summed E-state index contributed by atoms with van der Waals surface area (Å²) in [5, 5.41) is 5.62. The molecule has 0 radical (unpaired) electrons. The van der Waals surface area contributed by atoms with E-state index < -0.39 is 11.6 Å². The van der Waals surface area contributed by atoms with Crippen LogP contribution in [0.25, 0.3) is 11.1 Å². The predicted octanol–water partition coefficient (Wildman–Crippen LogP) is 3.14. The molecule has 0 unspecified atom stereocenters. The lowest BCUT2D eigenvalue weighted by Gasteiger charge is -2.19. The number of urea groups is 1. The van der Waals surface area contributed by atoms with Crippen LogP contribution in [0.5, 0.6) is 0 Å². The van der Waals surface area contributed by atoms with Gasteiger partial charge in [0.1, 0.15) is 11.1 Å². The molecule has 4 amide bonds. The number of fused-ring (bicyclic) bond motifs is 1. The van der Waals surface area contributed by atoms with E-state index in [4.69, 9.17) is 4.42 Å². The minimum atomic E-state index is -0.736. The van der Waals surface area contributed by atoms with Crippen molar-refractivity contribution in [3.63, 3.8) is 0 Å². The average Bonchev–Trinajstić information content (AvgIpc) is 3.33. The molecule has 28 heavy (non-hydrogen) atoms. The van der Waals surface area contributed by atoms with Crippen molar-refractivity contribution in [1.82, 2.24) is 15.2 Å². The first kappa shape index (κ1) is 18.5. The zero-order valence-electron chi connectivity index (χ0n) is 16.1. The molecule has 1 aliphatic heterocycles. The number of anilines is 1. The first-order chi connectivity index (χ1) is 13.4. The third-order valence-corrected chi connectivity index (χ3v) is 5.45. The maximum atomic E-state index is 12.6. The van der Waals surface area contributed by atoms with Crippen LogP contribution in [-0.2, 0) is 9.59 Å². The molecule has 2 aromatic rings. The number of aromatic nitrogens is 1. The summed E-state index contributed by atoms with van der Waals surface area (Å²) in [6, 6.07) is 4.87. The number of carbonyl (C=O) groups is 3. The van der Waals surface area contributed by atoms with Gasteiger partial charge in [0.25, 0.3) is 5.91 Å². The van der Waals surface area contributed by atoms with Gasteiger partial charge in [-0.25, -0.2) is 9.78 Å². The lowest BCUT2D eigenvalue weighted by atomic mass is 9.98. The molecule has 1 saturated carbocycles. The molecular formula is C20H24N4O4. The van der Waals surface area contributed by atoms with E-state index in [9.17, 15) is 14.4 Å². The molecule has 148 valence electrons. The highest BCUT2D eigenvalue weighted by molar-refractivity contribution is 6.07. The molecule has 2 N–H and O–H groups in total. The van der Waals surface area contributed by atoms with Crippen LogP contribution in [0, 0.1) is 0 Å². The van der Waals surface area contributed by atoms with Gasteiger partial charge in [-0.3, -0.25) is 14.5 Å². The standard InChI is InChI=1S/C20H24N4O4/c1-12(2)17-22-14-11-13(5-6-15(14)28-17)21-16(25)7-10-24-18(26)20(23-19(24)27)8-3-4-9-20/h5-6,11-12H,3-4,7-10H2,1-2H3,(H,21,25)(H,23,27). The van der Waals surface area contributed by atoms with Crippen molar-refractivity contribution in [3.8, 4) is 0 Å². The molecule has 1 aromatic heterocycles. The zero-order chi connectivity index (χ0) is 19.9. The molecule has 1 aliphatic carbocycles. The highest BCUT2D eigenvalue weighted by atomic mass is 16.3. The molecule has 0 atom stereocenters. The number of hydrogen-bond acceptors (Lipinski definition) is 5. The summed E-state index contributed by atoms with van der Waals surface area (Å²) in [4.78, 5) is 42.7. The number of amides is 4. The first-order valence-electron chi connectivity index (χ1n) is 9.72. The van der Waals surface area contributed by atoms with Gasteiger partial charge in [-0.05, 0) is 31.0 Å². The fourth-order valence-electron chi connectivity index (χ4n) is 3.90. The second-order valence-corrected chi connectivity index (χ2v) is 7.86. The van der Waals surface area contributed by atoms with Gasteiger partial charge in [0, 0.05) is 24.6 Å². The smallest absolute Gasteiger partial charge is 0.325 e. The van der Waals surface area contributed by atoms with Gasteiger partial charge in [0.2, 0.25) is 5.91 Å². The second-order valence-electron chi connectivity index (χ2n) is 7.86. The monoisotopic (exact) mass is 384 g/mol. The van der Waals surface area contributed by atoms with Crippen molar-refractivity contribution in [2.45, 2.75) is 57.4 Å². The maximum absolute atomic E-state index is 12.6. The highest BCUT2D eigenvalue weighted by Gasteiger charge is 2.52. The third-order valence-electron chi connectivity index (χ3n) is 5.45. The van der Waals surface area contributed by atoms with E-state index in [2.05, 4.69) is 15.6 Å². The number of rotatable bonds is 5. The Morgan fingerprint density at radius 2 is 2.07 bits per heavy atom. The molecule has 4 rings (SSSR count). The summed E-state index contributed by atoms with van der Waals surface area (Å²) < 4.78 is 5.66. The van der Waals surface area contributed by atoms with Gasteiger partial charge in [0.05, 0.1) is 0 Å². The summed E-state index contributed by atoms with van der Waals surface area (Å²) in [6.45, 7) is 4.07. The zero-order valence-corrected chi connectivity index (χ0v) is 16.1. The van der Waals surface area contributed by atoms with Crippen LogP contribution in [0.15, 0.2) is 22.6 Å². The molecule has 1 aromatic carbocycles. The Morgan fingerprint density at radius 3 is 2.79 bits per heavy atom. The molecule has 8 nitrogen and oxygen atoms in total. The van der Waals surface area contributed by atoms with Crippen molar-refractivity contribution < 1.29 is 18.8 Å². The van der Waals surface area contributed by atoms with Crippen molar-refractivity contribution in [2.24, 2.45) is 0 Å². The summed E-state index contributed by atoms with van der Waals surface area (Å²) in [7, 11) is 0. The Hall–Kier alpha value is -2.90. The van der Waals surface area contributed by atoms with E-state index in [0.29, 0.717) is 35.5 Å². The number of carbonyl (C=O) groups excluding carboxylic acids is 3. The van der Waals surface area contributed by atoms with E-state index in [0.717, 1.165) is 12.8 Å². The first-order valence-corrected chi connectivity index (χ1v) is 9.72. The molecular weight excluding hydrogens is 360 g/mol. The number of nitrogens with one attached hydrogen (secondary N) is 2. The third kappa shape index (κ3) is 3.23. The Labute approximate surface area is 162 Å².